The van der Waals surface area contributed by atoms with Crippen LogP contribution >= 0.6 is 0 Å². The van der Waals surface area contributed by atoms with Gasteiger partial charge in [-0.05, 0) is 110 Å². The van der Waals surface area contributed by atoms with E-state index < -0.39 is 11.6 Å². The lowest BCUT2D eigenvalue weighted by Gasteiger charge is -2.51. The number of fused-ring (bicyclic) bond motifs is 9. The van der Waals surface area contributed by atoms with E-state index in [1.807, 2.05) is 23.3 Å². The Bertz CT molecular complexity index is 3150. The molecule has 1 saturated heterocycles. The maximum absolute atomic E-state index is 12.8. The smallest absolute Gasteiger partial charge is 0.323 e. The summed E-state index contributed by atoms with van der Waals surface area (Å²) < 4.78 is 7.56. The van der Waals surface area contributed by atoms with Crippen LogP contribution in [-0.2, 0) is 75.8 Å². The molecule has 4 fully saturated rings. The SMILES string of the molecule is CC(C)n1cnc(-c2c3c(nn2C)[C@@]2(C)CCC(=O)C(C)(C)[C@@H]2CC3)n1.CC[C@@H]1C(=O)CC[C@]2(C)c3nn(C)c(-c4ccccc4)c3CC[C@@H]12.C[C@@H]1C(=O)CC[C@]2(C)c3nn(C)c(N4C(=O)NC(C)(C)C4=O)c3CC[C@@H]12. The van der Waals surface area contributed by atoms with Crippen molar-refractivity contribution >= 4 is 35.1 Å². The van der Waals surface area contributed by atoms with Gasteiger partial charge >= 0.3 is 6.03 Å². The molecule has 12 rings (SSSR count). The van der Waals surface area contributed by atoms with Crippen molar-refractivity contribution in [3.05, 3.63) is 70.4 Å². The fourth-order valence-electron chi connectivity index (χ4n) is 15.8. The van der Waals surface area contributed by atoms with Gasteiger partial charge in [0.2, 0.25) is 0 Å². The van der Waals surface area contributed by atoms with Crippen LogP contribution < -0.4 is 10.2 Å². The molecule has 1 aliphatic heterocycles. The number of hydrogen-bond donors (Lipinski definition) is 1. The molecule has 0 bridgehead atoms. The maximum Gasteiger partial charge on any atom is 0.330 e. The summed E-state index contributed by atoms with van der Waals surface area (Å²) in [6.45, 7) is 22.9. The zero-order chi connectivity index (χ0) is 54.8. The van der Waals surface area contributed by atoms with Crippen molar-refractivity contribution in [2.24, 2.45) is 56.1 Å². The van der Waals surface area contributed by atoms with E-state index in [4.69, 9.17) is 15.3 Å². The summed E-state index contributed by atoms with van der Waals surface area (Å²) >= 11 is 0. The number of aryl methyl sites for hydroxylation is 3. The third-order valence-electron chi connectivity index (χ3n) is 20.1. The van der Waals surface area contributed by atoms with E-state index in [0.717, 1.165) is 92.7 Å². The summed E-state index contributed by atoms with van der Waals surface area (Å²) in [5.74, 6) is 3.60. The molecule has 0 unspecified atom stereocenters. The molecule has 6 aliphatic carbocycles. The van der Waals surface area contributed by atoms with Crippen molar-refractivity contribution in [1.82, 2.24) is 49.4 Å². The van der Waals surface area contributed by atoms with Gasteiger partial charge in [0.1, 0.15) is 40.7 Å². The van der Waals surface area contributed by atoms with E-state index in [9.17, 15) is 24.0 Å². The van der Waals surface area contributed by atoms with Crippen LogP contribution in [0.2, 0.25) is 0 Å². The van der Waals surface area contributed by atoms with Gasteiger partial charge in [-0.15, -0.1) is 5.10 Å². The van der Waals surface area contributed by atoms with Crippen LogP contribution in [0.1, 0.15) is 180 Å². The monoisotopic (exact) mass is 1040 g/mol. The lowest BCUT2D eigenvalue weighted by molar-refractivity contribution is -0.137. The number of anilines is 1. The number of urea groups is 1. The Labute approximate surface area is 448 Å². The van der Waals surface area contributed by atoms with Crippen molar-refractivity contribution in [3.8, 4) is 22.8 Å². The highest BCUT2D eigenvalue weighted by Crippen LogP contribution is 2.57. The van der Waals surface area contributed by atoms with Crippen LogP contribution in [-0.4, -0.2) is 78.9 Å². The third kappa shape index (κ3) is 8.18. The van der Waals surface area contributed by atoms with Gasteiger partial charge in [-0.25, -0.2) is 19.4 Å². The number of carbonyl (C=O) groups is 5. The van der Waals surface area contributed by atoms with E-state index in [-0.39, 0.29) is 51.4 Å². The number of Topliss-reactive ketones (excluding diaryl/α,β-unsaturated/α-hetero) is 3. The van der Waals surface area contributed by atoms with Crippen LogP contribution in [0.5, 0.6) is 0 Å². The first-order valence-corrected chi connectivity index (χ1v) is 28.2. The van der Waals surface area contributed by atoms with E-state index in [0.29, 0.717) is 54.3 Å². The van der Waals surface area contributed by atoms with Gasteiger partial charge in [-0.2, -0.15) is 15.3 Å². The molecule has 4 aromatic heterocycles. The molecule has 3 saturated carbocycles. The van der Waals surface area contributed by atoms with Gasteiger partial charge in [0.15, 0.2) is 5.82 Å². The molecule has 16 nitrogen and oxygen atoms in total. The van der Waals surface area contributed by atoms with Crippen LogP contribution in [0.25, 0.3) is 22.8 Å². The summed E-state index contributed by atoms with van der Waals surface area (Å²) in [5, 5.41) is 22.1. The van der Waals surface area contributed by atoms with Gasteiger partial charge in [0.25, 0.3) is 5.91 Å². The molecule has 1 aromatic carbocycles. The van der Waals surface area contributed by atoms with Crippen molar-refractivity contribution in [1.29, 1.82) is 0 Å². The highest BCUT2D eigenvalue weighted by molar-refractivity contribution is 6.23. The van der Waals surface area contributed by atoms with Gasteiger partial charge in [0.05, 0.1) is 22.8 Å². The van der Waals surface area contributed by atoms with Crippen LogP contribution in [0, 0.1) is 35.0 Å². The zero-order valence-corrected chi connectivity index (χ0v) is 47.6. The first-order chi connectivity index (χ1) is 35.8. The first kappa shape index (κ1) is 53.3. The normalized spacial score (nSPS) is 30.0. The van der Waals surface area contributed by atoms with Gasteiger partial charge < -0.3 is 5.32 Å². The number of ketones is 3. The van der Waals surface area contributed by atoms with Crippen LogP contribution in [0.4, 0.5) is 10.6 Å². The Morgan fingerprint density at radius 3 is 1.83 bits per heavy atom. The fourth-order valence-corrected chi connectivity index (χ4v) is 15.8. The lowest BCUT2D eigenvalue weighted by Crippen LogP contribution is -2.52. The molecule has 76 heavy (non-hydrogen) atoms. The molecule has 406 valence electrons. The molecule has 5 heterocycles. The number of hydrogen-bond acceptors (Lipinski definition) is 10. The summed E-state index contributed by atoms with van der Waals surface area (Å²) in [4.78, 5) is 68.2. The highest BCUT2D eigenvalue weighted by Gasteiger charge is 2.57. The van der Waals surface area contributed by atoms with Gasteiger partial charge in [-0.3, -0.25) is 33.2 Å². The quantitative estimate of drug-likeness (QED) is 0.166. The summed E-state index contributed by atoms with van der Waals surface area (Å²) in [6.07, 6.45) is 13.0. The Kier molecular flexibility index (Phi) is 13.2. The molecule has 0 radical (unpaired) electrons. The number of aromatic nitrogens is 9. The molecular weight excluding hydrogens is 955 g/mol. The Morgan fingerprint density at radius 2 is 1.20 bits per heavy atom. The molecule has 8 atom stereocenters. The molecule has 0 spiro atoms. The minimum Gasteiger partial charge on any atom is -0.323 e. The lowest BCUT2D eigenvalue weighted by atomic mass is 9.51. The molecule has 16 heteroatoms. The standard InChI is InChI=1S/C21H26N2O.C20H29N5O.C19H26N4O3/c1-4-15-17-11-10-16-19(14-8-6-5-7-9-14)23(3)22-20(16)21(17,2)13-12-18(15)24;1-12(2)25-11-21-18(23-25)16-13-7-8-14-19(3,4)15(26)9-10-20(14,5)17(13)22-24(16)6;1-10-12-7-6-11-14(19(12,4)9-8-13(10)24)21-22(5)15(11)23-16(25)18(2,3)20-17(23)26/h5-9,15,17H,4,10-13H2,1-3H3;11-12,14H,7-10H2,1-6H3;10,12H,6-9H2,1-5H3,(H,20,26)/t15-,17-,21-;14-,20-;10-,12-,19-/m000/s1. The second kappa shape index (κ2) is 18.8. The van der Waals surface area contributed by atoms with E-state index in [1.165, 1.54) is 33.0 Å². The average Bonchev–Trinajstić information content (AvgIpc) is 4.19. The minimum atomic E-state index is -0.916. The Hall–Kier alpha value is -6.06. The summed E-state index contributed by atoms with van der Waals surface area (Å²) in [5.41, 5.74) is 9.19. The third-order valence-corrected chi connectivity index (χ3v) is 20.1. The molecule has 1 N–H and O–H groups in total. The molecule has 3 amide bonds. The predicted octanol–water partition coefficient (Wildman–Crippen LogP) is 9.84. The van der Waals surface area contributed by atoms with E-state index >= 15 is 0 Å². The number of carbonyl (C=O) groups excluding carboxylic acids is 5. The minimum absolute atomic E-state index is 0.0306. The maximum atomic E-state index is 12.8. The number of benzene rings is 1. The van der Waals surface area contributed by atoms with Crippen molar-refractivity contribution in [2.45, 2.75) is 187 Å². The average molecular weight is 1040 g/mol. The zero-order valence-electron chi connectivity index (χ0n) is 47.6. The Balaban J connectivity index is 0.000000130. The number of amides is 3. The number of rotatable bonds is 5. The van der Waals surface area contributed by atoms with Crippen LogP contribution in [0.15, 0.2) is 36.7 Å². The van der Waals surface area contributed by atoms with Gasteiger partial charge in [0, 0.05) is 102 Å². The second-order valence-electron chi connectivity index (χ2n) is 25.6. The highest BCUT2D eigenvalue weighted by atomic mass is 16.2. The molecule has 5 aromatic rings. The summed E-state index contributed by atoms with van der Waals surface area (Å²) in [7, 11) is 5.83. The van der Waals surface area contributed by atoms with Gasteiger partial charge in [-0.1, -0.05) is 78.8 Å². The van der Waals surface area contributed by atoms with Crippen molar-refractivity contribution in [2.75, 3.05) is 4.90 Å². The topological polar surface area (TPSA) is 185 Å². The number of imide groups is 1. The van der Waals surface area contributed by atoms with Crippen molar-refractivity contribution < 1.29 is 24.0 Å². The fraction of sp³-hybridized carbons (Fsp3) is 0.633. The summed E-state index contributed by atoms with van der Waals surface area (Å²) in [6, 6.07) is 10.5. The molecule has 7 aliphatic rings. The first-order valence-electron chi connectivity index (χ1n) is 28.2. The number of nitrogens with zero attached hydrogens (tertiary/aromatic N) is 10. The second-order valence-corrected chi connectivity index (χ2v) is 25.6. The van der Waals surface area contributed by atoms with E-state index in [2.05, 4.69) is 113 Å². The predicted molar refractivity (Wildman–Crippen MR) is 291 cm³/mol. The van der Waals surface area contributed by atoms with E-state index in [1.54, 1.807) is 31.9 Å². The largest absolute Gasteiger partial charge is 0.330 e. The molecular formula is C60H81N11O5. The van der Waals surface area contributed by atoms with Crippen LogP contribution in [0.3, 0.4) is 0 Å². The Morgan fingerprint density at radius 1 is 0.645 bits per heavy atom. The van der Waals surface area contributed by atoms with Crippen molar-refractivity contribution in [3.63, 3.8) is 0 Å². The number of nitrogens with one attached hydrogen (secondary N) is 1.